The van der Waals surface area contributed by atoms with Crippen LogP contribution in [0, 0.1) is 5.92 Å². The van der Waals surface area contributed by atoms with Crippen molar-refractivity contribution >= 4 is 21.6 Å². The number of sulfonamides is 1. The van der Waals surface area contributed by atoms with Gasteiger partial charge in [0.1, 0.15) is 0 Å². The summed E-state index contributed by atoms with van der Waals surface area (Å²) < 4.78 is 28.3. The highest BCUT2D eigenvalue weighted by atomic mass is 32.2. The number of nitrogens with zero attached hydrogens (tertiary/aromatic N) is 1. The zero-order chi connectivity index (χ0) is 20.6. The molecular weight excluding hydrogens is 384 g/mol. The number of rotatable bonds is 4. The average molecular weight is 413 g/mol. The van der Waals surface area contributed by atoms with Gasteiger partial charge in [0.05, 0.1) is 10.6 Å². The van der Waals surface area contributed by atoms with Crippen molar-refractivity contribution in [2.45, 2.75) is 62.9 Å². The molecule has 2 aromatic carbocycles. The van der Waals surface area contributed by atoms with E-state index in [-0.39, 0.29) is 22.9 Å². The van der Waals surface area contributed by atoms with Gasteiger partial charge in [0, 0.05) is 17.6 Å². The molecule has 1 saturated carbocycles. The molecule has 1 N–H and O–H groups in total. The van der Waals surface area contributed by atoms with Gasteiger partial charge in [-0.1, -0.05) is 44.0 Å². The van der Waals surface area contributed by atoms with E-state index >= 15 is 0 Å². The zero-order valence-electron chi connectivity index (χ0n) is 17.0. The molecule has 0 unspecified atom stereocenters. The minimum atomic E-state index is -3.75. The summed E-state index contributed by atoms with van der Waals surface area (Å²) in [6, 6.07) is 14.0. The predicted octanol–water partition coefficient (Wildman–Crippen LogP) is 4.14. The lowest BCUT2D eigenvalue weighted by atomic mass is 9.86. The van der Waals surface area contributed by atoms with E-state index in [1.165, 1.54) is 16.8 Å². The zero-order valence-corrected chi connectivity index (χ0v) is 17.8. The summed E-state index contributed by atoms with van der Waals surface area (Å²) in [7, 11) is -3.75. The number of nitrogens with one attached hydrogen (secondary N) is 1. The molecule has 4 rings (SSSR count). The molecule has 0 saturated heterocycles. The minimum absolute atomic E-state index is 0.155. The van der Waals surface area contributed by atoms with Gasteiger partial charge in [-0.3, -0.25) is 9.10 Å². The summed E-state index contributed by atoms with van der Waals surface area (Å²) in [5, 5.41) is 3.11. The second kappa shape index (κ2) is 7.82. The van der Waals surface area contributed by atoms with Gasteiger partial charge < -0.3 is 5.32 Å². The molecule has 0 bridgehead atoms. The van der Waals surface area contributed by atoms with E-state index in [1.54, 1.807) is 18.2 Å². The Kier molecular flexibility index (Phi) is 5.38. The second-order valence-corrected chi connectivity index (χ2v) is 10.2. The SMILES string of the molecule is C[C@@H]1CCCC[C@H]1NC(=O)c1cccc(S(=O)(=O)N2c3ccccc3C[C@H]2C)c1. The lowest BCUT2D eigenvalue weighted by molar-refractivity contribution is 0.0910. The van der Waals surface area contributed by atoms with E-state index in [1.807, 2.05) is 31.2 Å². The van der Waals surface area contributed by atoms with Crippen LogP contribution in [0.3, 0.4) is 0 Å². The van der Waals surface area contributed by atoms with Gasteiger partial charge in [-0.2, -0.15) is 0 Å². The molecule has 0 spiro atoms. The first-order valence-electron chi connectivity index (χ1n) is 10.4. The highest BCUT2D eigenvalue weighted by Gasteiger charge is 2.36. The van der Waals surface area contributed by atoms with Crippen LogP contribution in [0.4, 0.5) is 5.69 Å². The first-order chi connectivity index (χ1) is 13.9. The fraction of sp³-hybridized carbons (Fsp3) is 0.435. The van der Waals surface area contributed by atoms with E-state index in [2.05, 4.69) is 12.2 Å². The van der Waals surface area contributed by atoms with Gasteiger partial charge in [0.15, 0.2) is 0 Å². The number of amides is 1. The fourth-order valence-electron chi connectivity index (χ4n) is 4.60. The van der Waals surface area contributed by atoms with Crippen LogP contribution in [-0.2, 0) is 16.4 Å². The first-order valence-corrected chi connectivity index (χ1v) is 11.8. The van der Waals surface area contributed by atoms with Crippen LogP contribution in [0.25, 0.3) is 0 Å². The topological polar surface area (TPSA) is 66.5 Å². The summed E-state index contributed by atoms with van der Waals surface area (Å²) >= 11 is 0. The molecule has 0 aromatic heterocycles. The molecule has 1 heterocycles. The van der Waals surface area contributed by atoms with Crippen molar-refractivity contribution in [1.29, 1.82) is 0 Å². The monoisotopic (exact) mass is 412 g/mol. The molecule has 3 atom stereocenters. The molecule has 2 aromatic rings. The van der Waals surface area contributed by atoms with Crippen LogP contribution >= 0.6 is 0 Å². The first kappa shape index (κ1) is 20.0. The van der Waals surface area contributed by atoms with Gasteiger partial charge in [-0.15, -0.1) is 0 Å². The quantitative estimate of drug-likeness (QED) is 0.821. The van der Waals surface area contributed by atoms with Crippen molar-refractivity contribution in [3.63, 3.8) is 0 Å². The Balaban J connectivity index is 1.60. The molecule has 0 radical (unpaired) electrons. The Hall–Kier alpha value is -2.34. The van der Waals surface area contributed by atoms with Crippen molar-refractivity contribution < 1.29 is 13.2 Å². The van der Waals surface area contributed by atoms with Crippen molar-refractivity contribution in [3.8, 4) is 0 Å². The van der Waals surface area contributed by atoms with Crippen LogP contribution in [-0.4, -0.2) is 26.4 Å². The van der Waals surface area contributed by atoms with Gasteiger partial charge in [0.25, 0.3) is 15.9 Å². The third-order valence-corrected chi connectivity index (χ3v) is 8.15. The summed E-state index contributed by atoms with van der Waals surface area (Å²) in [6.07, 6.45) is 5.11. The Bertz CT molecular complexity index is 1020. The number of anilines is 1. The standard InChI is InChI=1S/C23H28N2O3S/c1-16-8-3-5-12-21(16)24-23(26)19-10-7-11-20(15-19)29(27,28)25-17(2)14-18-9-4-6-13-22(18)25/h4,6-7,9-11,13,15-17,21H,3,5,8,12,14H2,1-2H3,(H,24,26)/t16-,17-,21-/m1/s1. The fourth-order valence-corrected chi connectivity index (χ4v) is 6.34. The van der Waals surface area contributed by atoms with Crippen LogP contribution in [0.5, 0.6) is 0 Å². The Morgan fingerprint density at radius 2 is 1.79 bits per heavy atom. The van der Waals surface area contributed by atoms with Crippen LogP contribution in [0.1, 0.15) is 55.5 Å². The lowest BCUT2D eigenvalue weighted by Gasteiger charge is -2.29. The predicted molar refractivity (Wildman–Crippen MR) is 115 cm³/mol. The van der Waals surface area contributed by atoms with Crippen LogP contribution < -0.4 is 9.62 Å². The van der Waals surface area contributed by atoms with E-state index in [0.29, 0.717) is 17.9 Å². The van der Waals surface area contributed by atoms with Crippen molar-refractivity contribution in [3.05, 3.63) is 59.7 Å². The minimum Gasteiger partial charge on any atom is -0.349 e. The second-order valence-electron chi connectivity index (χ2n) is 8.35. The molecule has 154 valence electrons. The molecule has 1 aliphatic carbocycles. The van der Waals surface area contributed by atoms with Crippen molar-refractivity contribution in [1.82, 2.24) is 5.32 Å². The van der Waals surface area contributed by atoms with E-state index in [9.17, 15) is 13.2 Å². The van der Waals surface area contributed by atoms with Crippen molar-refractivity contribution in [2.24, 2.45) is 5.92 Å². The molecular formula is C23H28N2O3S. The van der Waals surface area contributed by atoms with Crippen molar-refractivity contribution in [2.75, 3.05) is 4.31 Å². The van der Waals surface area contributed by atoms with Gasteiger partial charge >= 0.3 is 0 Å². The van der Waals surface area contributed by atoms with E-state index in [0.717, 1.165) is 30.5 Å². The summed E-state index contributed by atoms with van der Waals surface area (Å²) in [4.78, 5) is 13.0. The highest BCUT2D eigenvalue weighted by molar-refractivity contribution is 7.92. The Labute approximate surface area is 173 Å². The van der Waals surface area contributed by atoms with E-state index < -0.39 is 10.0 Å². The Morgan fingerprint density at radius 1 is 1.03 bits per heavy atom. The molecule has 2 aliphatic rings. The smallest absolute Gasteiger partial charge is 0.264 e. The maximum Gasteiger partial charge on any atom is 0.264 e. The summed E-state index contributed by atoms with van der Waals surface area (Å²) in [5.41, 5.74) is 2.15. The van der Waals surface area contributed by atoms with Gasteiger partial charge in [-0.05, 0) is 61.9 Å². The maximum atomic E-state index is 13.4. The highest BCUT2D eigenvalue weighted by Crippen LogP contribution is 2.36. The average Bonchev–Trinajstić information content (AvgIpc) is 3.06. The normalized spacial score (nSPS) is 24.2. The van der Waals surface area contributed by atoms with Crippen LogP contribution in [0.15, 0.2) is 53.4 Å². The molecule has 1 aliphatic heterocycles. The number of benzene rings is 2. The molecule has 1 fully saturated rings. The number of carbonyl (C=O) groups excluding carboxylic acids is 1. The van der Waals surface area contributed by atoms with Gasteiger partial charge in [0.2, 0.25) is 0 Å². The maximum absolute atomic E-state index is 13.4. The number of para-hydroxylation sites is 1. The lowest BCUT2D eigenvalue weighted by Crippen LogP contribution is -2.41. The number of hydrogen-bond donors (Lipinski definition) is 1. The third-order valence-electron chi connectivity index (χ3n) is 6.23. The van der Waals surface area contributed by atoms with Crippen LogP contribution in [0.2, 0.25) is 0 Å². The molecule has 6 heteroatoms. The number of carbonyl (C=O) groups is 1. The molecule has 5 nitrogen and oxygen atoms in total. The number of hydrogen-bond acceptors (Lipinski definition) is 3. The molecule has 1 amide bonds. The van der Waals surface area contributed by atoms with Gasteiger partial charge in [-0.25, -0.2) is 8.42 Å². The van der Waals surface area contributed by atoms with E-state index in [4.69, 9.17) is 0 Å². The third kappa shape index (κ3) is 3.78. The largest absolute Gasteiger partial charge is 0.349 e. The Morgan fingerprint density at radius 3 is 2.59 bits per heavy atom. The number of fused-ring (bicyclic) bond motifs is 1. The summed E-state index contributed by atoms with van der Waals surface area (Å²) in [5.74, 6) is 0.247. The molecule has 29 heavy (non-hydrogen) atoms. The summed E-state index contributed by atoms with van der Waals surface area (Å²) in [6.45, 7) is 4.08.